The number of rotatable bonds is 8. The van der Waals surface area contributed by atoms with E-state index in [0.717, 1.165) is 16.2 Å². The largest absolute Gasteiger partial charge is 0.462 e. The van der Waals surface area contributed by atoms with Gasteiger partial charge in [0.05, 0.1) is 24.3 Å². The zero-order chi connectivity index (χ0) is 23.7. The molecule has 10 heteroatoms. The fourth-order valence-electron chi connectivity index (χ4n) is 3.61. The zero-order valence-corrected chi connectivity index (χ0v) is 20.0. The van der Waals surface area contributed by atoms with Gasteiger partial charge in [0, 0.05) is 5.54 Å². The van der Waals surface area contributed by atoms with Crippen molar-refractivity contribution in [3.05, 3.63) is 47.3 Å². The molecule has 2 amide bonds. The molecule has 2 aromatic rings. The number of amides is 2. The Morgan fingerprint density at radius 1 is 1.19 bits per heavy atom. The highest BCUT2D eigenvalue weighted by Gasteiger charge is 2.51. The van der Waals surface area contributed by atoms with Crippen LogP contribution >= 0.6 is 11.3 Å². The minimum Gasteiger partial charge on any atom is -0.462 e. The molecule has 1 aliphatic heterocycles. The van der Waals surface area contributed by atoms with Crippen molar-refractivity contribution in [2.45, 2.75) is 56.3 Å². The van der Waals surface area contributed by atoms with Crippen molar-refractivity contribution in [1.29, 1.82) is 0 Å². The van der Waals surface area contributed by atoms with E-state index in [1.54, 1.807) is 32.2 Å². The molecule has 1 aromatic carbocycles. The maximum Gasteiger partial charge on any atom is 0.338 e. The Labute approximate surface area is 191 Å². The number of hydrogen-bond acceptors (Lipinski definition) is 7. The molecule has 172 valence electrons. The molecule has 8 nitrogen and oxygen atoms in total. The van der Waals surface area contributed by atoms with Crippen molar-refractivity contribution in [1.82, 2.24) is 4.31 Å². The number of carbonyl (C=O) groups is 3. The van der Waals surface area contributed by atoms with E-state index in [-0.39, 0.29) is 22.9 Å². The summed E-state index contributed by atoms with van der Waals surface area (Å²) in [6, 6.07) is 7.87. The lowest BCUT2D eigenvalue weighted by atomic mass is 10.00. The van der Waals surface area contributed by atoms with Crippen molar-refractivity contribution in [2.75, 3.05) is 11.5 Å². The first-order chi connectivity index (χ1) is 15.0. The second-order valence-corrected chi connectivity index (χ2v) is 10.9. The van der Waals surface area contributed by atoms with Crippen LogP contribution in [0.15, 0.2) is 46.0 Å². The summed E-state index contributed by atoms with van der Waals surface area (Å²) in [5.74, 6) is -1.61. The van der Waals surface area contributed by atoms with Crippen LogP contribution in [0.4, 0.5) is 5.69 Å². The van der Waals surface area contributed by atoms with Gasteiger partial charge in [-0.05, 0) is 62.9 Å². The molecule has 1 saturated heterocycles. The van der Waals surface area contributed by atoms with Crippen LogP contribution in [0.5, 0.6) is 0 Å². The second kappa shape index (κ2) is 9.13. The van der Waals surface area contributed by atoms with Gasteiger partial charge < -0.3 is 4.74 Å². The van der Waals surface area contributed by atoms with E-state index in [2.05, 4.69) is 0 Å². The van der Waals surface area contributed by atoms with Crippen LogP contribution in [0, 0.1) is 0 Å². The molecule has 32 heavy (non-hydrogen) atoms. The zero-order valence-electron chi connectivity index (χ0n) is 18.4. The summed E-state index contributed by atoms with van der Waals surface area (Å²) in [7, 11) is -4.01. The van der Waals surface area contributed by atoms with E-state index in [9.17, 15) is 22.8 Å². The van der Waals surface area contributed by atoms with E-state index in [4.69, 9.17) is 4.74 Å². The van der Waals surface area contributed by atoms with Gasteiger partial charge in [0.25, 0.3) is 15.9 Å². The number of hydrogen-bond donors (Lipinski definition) is 0. The number of imide groups is 1. The van der Waals surface area contributed by atoms with Gasteiger partial charge in [-0.25, -0.2) is 18.1 Å². The minimum atomic E-state index is -4.01. The van der Waals surface area contributed by atoms with Crippen LogP contribution in [0.2, 0.25) is 0 Å². The second-order valence-electron chi connectivity index (χ2n) is 7.95. The molecule has 0 radical (unpaired) electrons. The molecule has 3 rings (SSSR count). The van der Waals surface area contributed by atoms with Gasteiger partial charge in [0.1, 0.15) is 10.3 Å². The maximum absolute atomic E-state index is 13.5. The molecule has 0 aliphatic carbocycles. The van der Waals surface area contributed by atoms with Gasteiger partial charge >= 0.3 is 5.97 Å². The van der Waals surface area contributed by atoms with Crippen LogP contribution in [0.25, 0.3) is 0 Å². The molecule has 0 saturated carbocycles. The average Bonchev–Trinajstić information content (AvgIpc) is 3.38. The quantitative estimate of drug-likeness (QED) is 0.426. The normalized spacial score (nSPS) is 17.3. The maximum atomic E-state index is 13.5. The molecule has 1 unspecified atom stereocenters. The van der Waals surface area contributed by atoms with Crippen LogP contribution in [0.1, 0.15) is 50.9 Å². The number of carbonyl (C=O) groups excluding carboxylic acids is 3. The van der Waals surface area contributed by atoms with Gasteiger partial charge in [-0.15, -0.1) is 11.3 Å². The summed E-state index contributed by atoms with van der Waals surface area (Å²) in [4.78, 5) is 39.1. The van der Waals surface area contributed by atoms with E-state index < -0.39 is 39.4 Å². The number of esters is 1. The highest BCUT2D eigenvalue weighted by atomic mass is 32.2. The molecule has 0 N–H and O–H groups in total. The Hall–Kier alpha value is -2.56. The van der Waals surface area contributed by atoms with Gasteiger partial charge in [0.15, 0.2) is 0 Å². The fourth-order valence-corrected chi connectivity index (χ4v) is 6.68. The summed E-state index contributed by atoms with van der Waals surface area (Å²) >= 11 is 1.07. The first kappa shape index (κ1) is 24.1. The Kier molecular flexibility index (Phi) is 6.87. The predicted octanol–water partition coefficient (Wildman–Crippen LogP) is 3.44. The van der Waals surface area contributed by atoms with Crippen LogP contribution in [0.3, 0.4) is 0 Å². The monoisotopic (exact) mass is 478 g/mol. The summed E-state index contributed by atoms with van der Waals surface area (Å²) in [5, 5.41) is 1.66. The lowest BCUT2D eigenvalue weighted by Gasteiger charge is -2.39. The molecule has 1 fully saturated rings. The van der Waals surface area contributed by atoms with Crippen molar-refractivity contribution >= 4 is 44.8 Å². The van der Waals surface area contributed by atoms with E-state index in [0.29, 0.717) is 12.0 Å². The number of ether oxygens (including phenoxy) is 1. The van der Waals surface area contributed by atoms with Crippen LogP contribution in [-0.4, -0.2) is 48.7 Å². The first-order valence-electron chi connectivity index (χ1n) is 10.3. The predicted molar refractivity (Wildman–Crippen MR) is 121 cm³/mol. The molecular formula is C22H26N2O6S2. The molecule has 2 heterocycles. The third-order valence-electron chi connectivity index (χ3n) is 5.51. The van der Waals surface area contributed by atoms with E-state index in [1.807, 2.05) is 6.92 Å². The Morgan fingerprint density at radius 3 is 2.38 bits per heavy atom. The van der Waals surface area contributed by atoms with Crippen molar-refractivity contribution in [3.63, 3.8) is 0 Å². The fraction of sp³-hybridized carbons (Fsp3) is 0.409. The van der Waals surface area contributed by atoms with Crippen LogP contribution < -0.4 is 4.90 Å². The van der Waals surface area contributed by atoms with Crippen molar-refractivity contribution in [3.8, 4) is 0 Å². The topological polar surface area (TPSA) is 101 Å². The Morgan fingerprint density at radius 2 is 1.84 bits per heavy atom. The molecule has 0 spiro atoms. The third-order valence-corrected chi connectivity index (χ3v) is 9.01. The first-order valence-corrected chi connectivity index (χ1v) is 12.6. The van der Waals surface area contributed by atoms with Gasteiger partial charge in [-0.1, -0.05) is 13.0 Å². The Balaban J connectivity index is 1.97. The van der Waals surface area contributed by atoms with E-state index >= 15 is 0 Å². The summed E-state index contributed by atoms with van der Waals surface area (Å²) in [6.45, 7) is 7.25. The highest BCUT2D eigenvalue weighted by molar-refractivity contribution is 7.91. The molecule has 1 atom stereocenters. The number of nitrogens with zero attached hydrogens (tertiary/aromatic N) is 2. The molecule has 1 aliphatic rings. The summed E-state index contributed by atoms with van der Waals surface area (Å²) in [5.41, 5.74) is -0.327. The lowest BCUT2D eigenvalue weighted by molar-refractivity contribution is -0.122. The average molecular weight is 479 g/mol. The third kappa shape index (κ3) is 4.35. The smallest absolute Gasteiger partial charge is 0.338 e. The van der Waals surface area contributed by atoms with Gasteiger partial charge in [-0.2, -0.15) is 4.31 Å². The Bertz CT molecular complexity index is 1110. The van der Waals surface area contributed by atoms with Gasteiger partial charge in [-0.3, -0.25) is 9.59 Å². The molecular weight excluding hydrogens is 452 g/mol. The minimum absolute atomic E-state index is 0.122. The van der Waals surface area contributed by atoms with Crippen LogP contribution in [-0.2, 0) is 24.3 Å². The molecule has 0 bridgehead atoms. The highest BCUT2D eigenvalue weighted by Crippen LogP contribution is 2.36. The summed E-state index contributed by atoms with van der Waals surface area (Å²) in [6.07, 6.45) is 0.191. The SMILES string of the molecule is CCOC(=O)c1ccc(N2C(=O)CC(N(C(C)(C)CC)S(=O)(=O)c3cccs3)C2=O)cc1. The lowest BCUT2D eigenvalue weighted by Crippen LogP contribution is -2.55. The standard InChI is InChI=1S/C22H26N2O6S2/c1-5-22(3,4)24(32(28,29)19-8-7-13-31-19)17-14-18(25)23(20(17)26)16-11-9-15(10-12-16)21(27)30-6-2/h7-13,17H,5-6,14H2,1-4H3. The van der Waals surface area contributed by atoms with Crippen molar-refractivity contribution in [2.24, 2.45) is 0 Å². The number of thiophene rings is 1. The number of anilines is 1. The van der Waals surface area contributed by atoms with Crippen molar-refractivity contribution < 1.29 is 27.5 Å². The molecule has 1 aromatic heterocycles. The van der Waals surface area contributed by atoms with Gasteiger partial charge in [0.2, 0.25) is 5.91 Å². The number of benzene rings is 1. The number of sulfonamides is 1. The van der Waals surface area contributed by atoms with E-state index in [1.165, 1.54) is 34.6 Å². The summed E-state index contributed by atoms with van der Waals surface area (Å²) < 4.78 is 33.2.